The zero-order valence-corrected chi connectivity index (χ0v) is 16.3. The number of hydrogen-bond donors (Lipinski definition) is 3. The van der Waals surface area contributed by atoms with E-state index >= 15 is 0 Å². The molecule has 3 aromatic rings. The number of anilines is 2. The summed E-state index contributed by atoms with van der Waals surface area (Å²) < 4.78 is 0.850. The van der Waals surface area contributed by atoms with Crippen molar-refractivity contribution in [2.45, 2.75) is 26.3 Å². The second kappa shape index (κ2) is 8.62. The first-order valence-electron chi connectivity index (χ1n) is 8.71. The summed E-state index contributed by atoms with van der Waals surface area (Å²) in [6.45, 7) is 2.87. The lowest BCUT2D eigenvalue weighted by Crippen LogP contribution is -2.29. The van der Waals surface area contributed by atoms with E-state index in [0.29, 0.717) is 10.8 Å². The summed E-state index contributed by atoms with van der Waals surface area (Å²) in [6, 6.07) is 14.3. The SMILES string of the molecule is CC(=O)Nc1ccc2nc(NC(=O)CC(NC(C)=O)c3ccccc3)sc2c1. The van der Waals surface area contributed by atoms with E-state index in [4.69, 9.17) is 0 Å². The summed E-state index contributed by atoms with van der Waals surface area (Å²) >= 11 is 1.32. The third-order valence-corrected chi connectivity index (χ3v) is 4.86. The summed E-state index contributed by atoms with van der Waals surface area (Å²) in [5, 5.41) is 8.79. The van der Waals surface area contributed by atoms with Gasteiger partial charge in [-0.3, -0.25) is 14.4 Å². The second-order valence-corrected chi connectivity index (χ2v) is 7.33. The Bertz CT molecular complexity index is 1020. The van der Waals surface area contributed by atoms with Crippen molar-refractivity contribution < 1.29 is 14.4 Å². The molecule has 0 saturated carbocycles. The van der Waals surface area contributed by atoms with Gasteiger partial charge in [0.25, 0.3) is 0 Å². The highest BCUT2D eigenvalue weighted by molar-refractivity contribution is 7.22. The lowest BCUT2D eigenvalue weighted by Gasteiger charge is -2.17. The van der Waals surface area contributed by atoms with E-state index in [1.807, 2.05) is 36.4 Å². The summed E-state index contributed by atoms with van der Waals surface area (Å²) in [5.74, 6) is -0.599. The lowest BCUT2D eigenvalue weighted by molar-refractivity contribution is -0.120. The maximum Gasteiger partial charge on any atom is 0.228 e. The van der Waals surface area contributed by atoms with E-state index in [1.54, 1.807) is 12.1 Å². The van der Waals surface area contributed by atoms with Crippen molar-refractivity contribution in [3.05, 3.63) is 54.1 Å². The number of nitrogens with one attached hydrogen (secondary N) is 3. The van der Waals surface area contributed by atoms with Crippen LogP contribution >= 0.6 is 11.3 Å². The molecule has 1 atom stereocenters. The van der Waals surface area contributed by atoms with Gasteiger partial charge in [-0.15, -0.1) is 0 Å². The van der Waals surface area contributed by atoms with Crippen LogP contribution in [-0.4, -0.2) is 22.7 Å². The monoisotopic (exact) mass is 396 g/mol. The minimum atomic E-state index is -0.417. The number of carbonyl (C=O) groups is 3. The number of thiazole rings is 1. The average molecular weight is 396 g/mol. The number of nitrogens with zero attached hydrogens (tertiary/aromatic N) is 1. The Morgan fingerprint density at radius 3 is 2.43 bits per heavy atom. The fourth-order valence-corrected chi connectivity index (χ4v) is 3.72. The van der Waals surface area contributed by atoms with Crippen LogP contribution < -0.4 is 16.0 Å². The second-order valence-electron chi connectivity index (χ2n) is 6.30. The number of amides is 3. The molecule has 0 saturated heterocycles. The van der Waals surface area contributed by atoms with Crippen molar-refractivity contribution in [1.82, 2.24) is 10.3 Å². The molecule has 0 spiro atoms. The van der Waals surface area contributed by atoms with Crippen LogP contribution in [0.1, 0.15) is 31.9 Å². The number of aromatic nitrogens is 1. The van der Waals surface area contributed by atoms with Crippen LogP contribution in [0.2, 0.25) is 0 Å². The Morgan fingerprint density at radius 2 is 1.75 bits per heavy atom. The van der Waals surface area contributed by atoms with Gasteiger partial charge in [0.2, 0.25) is 17.7 Å². The van der Waals surface area contributed by atoms with Gasteiger partial charge >= 0.3 is 0 Å². The first-order chi connectivity index (χ1) is 13.4. The zero-order chi connectivity index (χ0) is 20.1. The number of benzene rings is 2. The van der Waals surface area contributed by atoms with Gasteiger partial charge in [0.1, 0.15) is 0 Å². The molecule has 2 aromatic carbocycles. The Morgan fingerprint density at radius 1 is 1.00 bits per heavy atom. The van der Waals surface area contributed by atoms with Gasteiger partial charge in [-0.25, -0.2) is 4.98 Å². The maximum atomic E-state index is 12.5. The number of fused-ring (bicyclic) bond motifs is 1. The van der Waals surface area contributed by atoms with Gasteiger partial charge in [0.05, 0.1) is 22.7 Å². The molecule has 0 fully saturated rings. The molecule has 3 amide bonds. The molecular weight excluding hydrogens is 376 g/mol. The van der Waals surface area contributed by atoms with Gasteiger partial charge < -0.3 is 16.0 Å². The molecule has 28 heavy (non-hydrogen) atoms. The molecule has 1 heterocycles. The third-order valence-electron chi connectivity index (χ3n) is 3.92. The van der Waals surface area contributed by atoms with E-state index in [1.165, 1.54) is 25.2 Å². The third kappa shape index (κ3) is 5.14. The van der Waals surface area contributed by atoms with Crippen molar-refractivity contribution in [2.75, 3.05) is 10.6 Å². The smallest absolute Gasteiger partial charge is 0.228 e. The minimum Gasteiger partial charge on any atom is -0.349 e. The largest absolute Gasteiger partial charge is 0.349 e. The molecule has 0 bridgehead atoms. The highest BCUT2D eigenvalue weighted by Gasteiger charge is 2.18. The highest BCUT2D eigenvalue weighted by Crippen LogP contribution is 2.29. The van der Waals surface area contributed by atoms with Crippen LogP contribution in [0.25, 0.3) is 10.2 Å². The number of rotatable bonds is 6. The topological polar surface area (TPSA) is 100 Å². The van der Waals surface area contributed by atoms with Gasteiger partial charge in [0.15, 0.2) is 5.13 Å². The Balaban J connectivity index is 1.72. The summed E-state index contributed by atoms with van der Waals surface area (Å²) in [7, 11) is 0. The normalized spacial score (nSPS) is 11.6. The fourth-order valence-electron chi connectivity index (χ4n) is 2.80. The van der Waals surface area contributed by atoms with Crippen molar-refractivity contribution in [3.63, 3.8) is 0 Å². The van der Waals surface area contributed by atoms with E-state index in [0.717, 1.165) is 15.8 Å². The molecule has 1 aromatic heterocycles. The molecule has 8 heteroatoms. The minimum absolute atomic E-state index is 0.0939. The van der Waals surface area contributed by atoms with Crippen LogP contribution in [0, 0.1) is 0 Å². The molecule has 3 rings (SSSR count). The fraction of sp³-hybridized carbons (Fsp3) is 0.200. The van der Waals surface area contributed by atoms with Crippen molar-refractivity contribution in [2.24, 2.45) is 0 Å². The highest BCUT2D eigenvalue weighted by atomic mass is 32.1. The van der Waals surface area contributed by atoms with Crippen LogP contribution in [0.4, 0.5) is 10.8 Å². The summed E-state index contributed by atoms with van der Waals surface area (Å²) in [6.07, 6.45) is 0.0939. The van der Waals surface area contributed by atoms with E-state index in [2.05, 4.69) is 20.9 Å². The molecule has 1 unspecified atom stereocenters. The molecule has 7 nitrogen and oxygen atoms in total. The van der Waals surface area contributed by atoms with Crippen molar-refractivity contribution in [3.8, 4) is 0 Å². The maximum absolute atomic E-state index is 12.5. The predicted octanol–water partition coefficient (Wildman–Crippen LogP) is 3.46. The van der Waals surface area contributed by atoms with Crippen LogP contribution in [0.15, 0.2) is 48.5 Å². The van der Waals surface area contributed by atoms with Gasteiger partial charge in [0, 0.05) is 19.5 Å². The van der Waals surface area contributed by atoms with E-state index < -0.39 is 6.04 Å². The summed E-state index contributed by atoms with van der Waals surface area (Å²) in [5.41, 5.74) is 2.27. The molecule has 0 aliphatic carbocycles. The average Bonchev–Trinajstić information content (AvgIpc) is 3.02. The molecular formula is C20H20N4O3S. The van der Waals surface area contributed by atoms with Gasteiger partial charge in [-0.1, -0.05) is 41.7 Å². The van der Waals surface area contributed by atoms with Crippen LogP contribution in [0.3, 0.4) is 0 Å². The molecule has 144 valence electrons. The molecule has 0 aliphatic heterocycles. The Labute approximate surface area is 166 Å². The molecule has 3 N–H and O–H groups in total. The Kier molecular flexibility index (Phi) is 6.00. The van der Waals surface area contributed by atoms with Gasteiger partial charge in [-0.2, -0.15) is 0 Å². The lowest BCUT2D eigenvalue weighted by atomic mass is 10.0. The van der Waals surface area contributed by atoms with E-state index in [-0.39, 0.29) is 24.1 Å². The van der Waals surface area contributed by atoms with Crippen molar-refractivity contribution >= 4 is 50.1 Å². The number of hydrogen-bond acceptors (Lipinski definition) is 5. The van der Waals surface area contributed by atoms with Gasteiger partial charge in [-0.05, 0) is 23.8 Å². The van der Waals surface area contributed by atoms with Crippen LogP contribution in [0.5, 0.6) is 0 Å². The quantitative estimate of drug-likeness (QED) is 0.594. The standard InChI is InChI=1S/C20H20N4O3S/c1-12(25)21-15-8-9-16-18(10-15)28-20(23-16)24-19(27)11-17(22-13(2)26)14-6-4-3-5-7-14/h3-10,17H,11H2,1-2H3,(H,21,25)(H,22,26)(H,23,24,27). The summed E-state index contributed by atoms with van der Waals surface area (Å²) in [4.78, 5) is 39.6. The van der Waals surface area contributed by atoms with Crippen LogP contribution in [-0.2, 0) is 14.4 Å². The first kappa shape index (κ1) is 19.5. The first-order valence-corrected chi connectivity index (χ1v) is 9.52. The van der Waals surface area contributed by atoms with Crippen molar-refractivity contribution in [1.29, 1.82) is 0 Å². The molecule has 0 aliphatic rings. The Hall–Kier alpha value is -3.26. The predicted molar refractivity (Wildman–Crippen MR) is 110 cm³/mol. The zero-order valence-electron chi connectivity index (χ0n) is 15.5. The number of carbonyl (C=O) groups excluding carboxylic acids is 3. The van der Waals surface area contributed by atoms with E-state index in [9.17, 15) is 14.4 Å². The molecule has 0 radical (unpaired) electrons.